The number of aliphatic hydroxyl groups excluding tert-OH is 1. The van der Waals surface area contributed by atoms with Crippen LogP contribution < -0.4 is 29.6 Å². The van der Waals surface area contributed by atoms with E-state index in [4.69, 9.17) is 4.52 Å². The monoisotopic (exact) mass is 394 g/mol. The zero-order valence-corrected chi connectivity index (χ0v) is 17.6. The quantitative estimate of drug-likeness (QED) is 0.615. The van der Waals surface area contributed by atoms with Crippen LogP contribution in [0.4, 0.5) is 0 Å². The van der Waals surface area contributed by atoms with Crippen molar-refractivity contribution in [2.24, 2.45) is 0 Å². The molecule has 134 valence electrons. The van der Waals surface area contributed by atoms with E-state index in [1.807, 2.05) is 30.3 Å². The Bertz CT molecular complexity index is 1030. The molecule has 7 nitrogen and oxygen atoms in total. The van der Waals surface area contributed by atoms with E-state index in [1.54, 1.807) is 12.1 Å². The minimum absolute atomic E-state index is 0. The Morgan fingerprint density at radius 1 is 1.07 bits per heavy atom. The number of hydrogen-bond donors (Lipinski definition) is 1. The molecule has 0 spiro atoms. The van der Waals surface area contributed by atoms with Gasteiger partial charge in [-0.05, 0) is 24.6 Å². The fraction of sp³-hybridized carbons (Fsp3) is 0.111. The van der Waals surface area contributed by atoms with Gasteiger partial charge in [-0.1, -0.05) is 47.6 Å². The molecular weight excluding hydrogens is 379 g/mol. The predicted molar refractivity (Wildman–Crippen MR) is 94.5 cm³/mol. The number of nitrogens with zero attached hydrogens (tertiary/aromatic N) is 2. The Kier molecular flexibility index (Phi) is 6.96. The van der Waals surface area contributed by atoms with Gasteiger partial charge in [-0.25, -0.2) is 8.42 Å². The van der Waals surface area contributed by atoms with Crippen molar-refractivity contribution in [1.82, 2.24) is 5.16 Å². The van der Waals surface area contributed by atoms with Gasteiger partial charge in [0.1, 0.15) is 22.3 Å². The Labute approximate surface area is 178 Å². The van der Waals surface area contributed by atoms with Crippen LogP contribution in [-0.2, 0) is 21.4 Å². The van der Waals surface area contributed by atoms with E-state index in [9.17, 15) is 18.3 Å². The van der Waals surface area contributed by atoms with Crippen LogP contribution in [0.15, 0.2) is 64.0 Å². The Morgan fingerprint density at radius 2 is 1.70 bits per heavy atom. The van der Waals surface area contributed by atoms with Crippen molar-refractivity contribution < 1.29 is 52.4 Å². The second-order valence-corrected chi connectivity index (χ2v) is 7.07. The van der Waals surface area contributed by atoms with Gasteiger partial charge < -0.3 is 19.1 Å². The first-order chi connectivity index (χ1) is 12.4. The number of hydrogen-bond acceptors (Lipinski definition) is 6. The minimum atomic E-state index is -4.04. The molecule has 0 atom stereocenters. The maximum absolute atomic E-state index is 12.0. The number of benzene rings is 2. The summed E-state index contributed by atoms with van der Waals surface area (Å²) in [6.45, 7) is 0.720. The van der Waals surface area contributed by atoms with Gasteiger partial charge in [0.15, 0.2) is 5.76 Å². The summed E-state index contributed by atoms with van der Waals surface area (Å²) >= 11 is 0. The van der Waals surface area contributed by atoms with Crippen molar-refractivity contribution in [2.45, 2.75) is 18.4 Å². The first kappa shape index (κ1) is 21.3. The van der Waals surface area contributed by atoms with Gasteiger partial charge in [0, 0.05) is 5.56 Å². The van der Waals surface area contributed by atoms with Crippen molar-refractivity contribution in [3.05, 3.63) is 65.1 Å². The van der Waals surface area contributed by atoms with Crippen LogP contribution in [-0.4, -0.2) is 24.6 Å². The van der Waals surface area contributed by atoms with Crippen molar-refractivity contribution in [2.75, 3.05) is 0 Å². The second kappa shape index (κ2) is 8.81. The summed E-state index contributed by atoms with van der Waals surface area (Å²) in [5, 5.41) is 13.6. The molecule has 1 N–H and O–H groups in total. The van der Waals surface area contributed by atoms with Gasteiger partial charge in [0.05, 0.1) is 16.4 Å². The van der Waals surface area contributed by atoms with Gasteiger partial charge in [0.25, 0.3) is 0 Å². The molecule has 0 saturated heterocycles. The standard InChI is InChI=1S/C18H16N2O5S.Na/c1-12(22)20-26(23,24)15-9-7-13(8-10-15)17-16(11-21)25-19-18(17)14-5-3-2-4-6-14;/h2-10,21H,11H2,1H3,(H,20,22);/q;+1/p-1. The topological polar surface area (TPSA) is 112 Å². The number of aliphatic hydroxyl groups is 1. The largest absolute Gasteiger partial charge is 1.00 e. The molecular formula is C18H15N2NaO5S. The molecule has 0 radical (unpaired) electrons. The maximum Gasteiger partial charge on any atom is 1.00 e. The number of sulfonamides is 1. The molecule has 0 aliphatic rings. The third-order valence-electron chi connectivity index (χ3n) is 3.64. The zero-order chi connectivity index (χ0) is 18.7. The molecule has 3 aromatic rings. The minimum Gasteiger partial charge on any atom is -0.542 e. The molecule has 1 aromatic heterocycles. The van der Waals surface area contributed by atoms with E-state index in [1.165, 1.54) is 12.1 Å². The van der Waals surface area contributed by atoms with Gasteiger partial charge in [-0.15, -0.1) is 0 Å². The summed E-state index contributed by atoms with van der Waals surface area (Å²) in [6.07, 6.45) is 0. The first-order valence-corrected chi connectivity index (χ1v) is 9.10. The average molecular weight is 394 g/mol. The van der Waals surface area contributed by atoms with Crippen LogP contribution in [0.3, 0.4) is 0 Å². The number of rotatable bonds is 5. The van der Waals surface area contributed by atoms with Crippen LogP contribution >= 0.6 is 0 Å². The van der Waals surface area contributed by atoms with E-state index in [-0.39, 0.29) is 46.8 Å². The van der Waals surface area contributed by atoms with Crippen LogP contribution in [0.2, 0.25) is 0 Å². The van der Waals surface area contributed by atoms with E-state index < -0.39 is 15.9 Å². The molecule has 3 rings (SSSR count). The van der Waals surface area contributed by atoms with Gasteiger partial charge >= 0.3 is 29.6 Å². The van der Waals surface area contributed by atoms with Crippen LogP contribution in [0, 0.1) is 0 Å². The van der Waals surface area contributed by atoms with Crippen molar-refractivity contribution >= 4 is 15.9 Å². The zero-order valence-electron chi connectivity index (χ0n) is 14.8. The molecule has 0 aliphatic heterocycles. The maximum atomic E-state index is 12.0. The average Bonchev–Trinajstić information content (AvgIpc) is 3.05. The molecule has 2 aromatic carbocycles. The van der Waals surface area contributed by atoms with E-state index in [0.29, 0.717) is 16.8 Å². The van der Waals surface area contributed by atoms with Crippen molar-refractivity contribution in [1.29, 1.82) is 0 Å². The van der Waals surface area contributed by atoms with Crippen molar-refractivity contribution in [3.8, 4) is 22.4 Å². The Morgan fingerprint density at radius 3 is 2.26 bits per heavy atom. The molecule has 0 bridgehead atoms. The summed E-state index contributed by atoms with van der Waals surface area (Å²) in [6, 6.07) is 15.1. The number of carbonyl (C=O) groups excluding carboxylic acids is 1. The fourth-order valence-corrected chi connectivity index (χ4v) is 3.46. The summed E-state index contributed by atoms with van der Waals surface area (Å²) in [7, 11) is -4.04. The van der Waals surface area contributed by atoms with Crippen LogP contribution in [0.5, 0.6) is 0 Å². The molecule has 0 fully saturated rings. The third-order valence-corrected chi connectivity index (χ3v) is 5.01. The molecule has 0 saturated carbocycles. The number of carbonyl (C=O) groups is 1. The Hall–Kier alpha value is -1.97. The molecule has 1 amide bonds. The molecule has 9 heteroatoms. The van der Waals surface area contributed by atoms with E-state index in [2.05, 4.69) is 9.88 Å². The summed E-state index contributed by atoms with van der Waals surface area (Å²) < 4.78 is 32.3. The normalized spacial score (nSPS) is 10.9. The van der Waals surface area contributed by atoms with E-state index in [0.717, 1.165) is 12.5 Å². The van der Waals surface area contributed by atoms with Gasteiger partial charge in [-0.2, -0.15) is 0 Å². The summed E-state index contributed by atoms with van der Waals surface area (Å²) in [5.41, 5.74) is 2.54. The second-order valence-electron chi connectivity index (χ2n) is 5.46. The predicted octanol–water partition coefficient (Wildman–Crippen LogP) is 0.114. The van der Waals surface area contributed by atoms with Crippen molar-refractivity contribution in [3.63, 3.8) is 0 Å². The Balaban J connectivity index is 0.00000261. The molecule has 0 aliphatic carbocycles. The van der Waals surface area contributed by atoms with Crippen LogP contribution in [0.25, 0.3) is 27.1 Å². The number of aromatic nitrogens is 1. The number of amides is 1. The summed E-state index contributed by atoms with van der Waals surface area (Å²) in [4.78, 5) is 10.9. The SMILES string of the molecule is CC(=O)[N-]S(=O)(=O)c1ccc(-c2c(-c3ccccc3)noc2CO)cc1.[Na+]. The molecule has 1 heterocycles. The van der Waals surface area contributed by atoms with Gasteiger partial charge in [-0.3, -0.25) is 0 Å². The van der Waals surface area contributed by atoms with Crippen LogP contribution in [0.1, 0.15) is 12.7 Å². The smallest absolute Gasteiger partial charge is 0.542 e. The van der Waals surface area contributed by atoms with E-state index >= 15 is 0 Å². The fourth-order valence-electron chi connectivity index (χ4n) is 2.54. The molecule has 0 unspecified atom stereocenters. The third kappa shape index (κ3) is 4.66. The molecule has 27 heavy (non-hydrogen) atoms. The summed E-state index contributed by atoms with van der Waals surface area (Å²) in [5.74, 6) is -0.519. The first-order valence-electron chi connectivity index (χ1n) is 7.66. The van der Waals surface area contributed by atoms with Gasteiger partial charge in [0.2, 0.25) is 0 Å².